The van der Waals surface area contributed by atoms with Crippen LogP contribution in [0.25, 0.3) is 22.6 Å². The maximum Gasteiger partial charge on any atom is 0.259 e. The molecule has 3 aromatic carbocycles. The number of nitrogens with one attached hydrogen (secondary N) is 1. The molecule has 33 heavy (non-hydrogen) atoms. The van der Waals surface area contributed by atoms with Crippen LogP contribution in [0.4, 0.5) is 5.69 Å². The van der Waals surface area contributed by atoms with Gasteiger partial charge in [0.25, 0.3) is 5.91 Å². The zero-order valence-corrected chi connectivity index (χ0v) is 18.2. The summed E-state index contributed by atoms with van der Waals surface area (Å²) in [4.78, 5) is 13.4. The van der Waals surface area contributed by atoms with Crippen molar-refractivity contribution in [2.75, 3.05) is 5.32 Å². The molecular weight excluding hydrogens is 414 g/mol. The molecule has 5 rings (SSSR count). The van der Waals surface area contributed by atoms with E-state index >= 15 is 0 Å². The van der Waals surface area contributed by atoms with Crippen molar-refractivity contribution in [2.24, 2.45) is 0 Å². The van der Waals surface area contributed by atoms with Crippen LogP contribution in [0.2, 0.25) is 0 Å². The van der Waals surface area contributed by atoms with Gasteiger partial charge < -0.3 is 5.32 Å². The Bertz CT molecular complexity index is 1420. The largest absolute Gasteiger partial charge is 0.322 e. The molecule has 0 aliphatic rings. The number of carbonyl (C=O) groups is 1. The fourth-order valence-electron chi connectivity index (χ4n) is 3.69. The Labute approximate surface area is 190 Å². The van der Waals surface area contributed by atoms with Gasteiger partial charge in [0.15, 0.2) is 0 Å². The number of nitrogens with zero attached hydrogens (tertiary/aromatic N) is 6. The highest BCUT2D eigenvalue weighted by molar-refractivity contribution is 6.08. The van der Waals surface area contributed by atoms with Gasteiger partial charge >= 0.3 is 0 Å². The number of para-hydroxylation sites is 1. The first-order valence-corrected chi connectivity index (χ1v) is 10.5. The van der Waals surface area contributed by atoms with Gasteiger partial charge in [-0.05, 0) is 59.7 Å². The predicted molar refractivity (Wildman–Crippen MR) is 126 cm³/mol. The number of hydrogen-bond donors (Lipinski definition) is 1. The average molecular weight is 435 g/mol. The number of amides is 1. The summed E-state index contributed by atoms with van der Waals surface area (Å²) in [6.07, 6.45) is 3.29. The van der Waals surface area contributed by atoms with Crippen molar-refractivity contribution in [3.05, 3.63) is 102 Å². The second kappa shape index (κ2) is 8.51. The highest BCUT2D eigenvalue weighted by Gasteiger charge is 2.20. The first kappa shape index (κ1) is 20.3. The van der Waals surface area contributed by atoms with Gasteiger partial charge in [0, 0.05) is 17.4 Å². The number of rotatable bonds is 5. The van der Waals surface area contributed by atoms with E-state index in [1.807, 2.05) is 86.6 Å². The van der Waals surface area contributed by atoms with Crippen molar-refractivity contribution in [1.29, 1.82) is 0 Å². The molecule has 0 spiro atoms. The van der Waals surface area contributed by atoms with Gasteiger partial charge in [0.05, 0.1) is 16.9 Å². The first-order valence-electron chi connectivity index (χ1n) is 10.5. The summed E-state index contributed by atoms with van der Waals surface area (Å²) < 4.78 is 3.30. The SMILES string of the molecule is Cc1ccccc1-c1nn(-c2ccccc2)cc1C(=O)Nc1ccc(C)c(-n2cnnn2)c1. The molecule has 0 radical (unpaired) electrons. The summed E-state index contributed by atoms with van der Waals surface area (Å²) >= 11 is 0. The van der Waals surface area contributed by atoms with Crippen LogP contribution in [0.1, 0.15) is 21.5 Å². The molecule has 0 unspecified atom stereocenters. The average Bonchev–Trinajstić information content (AvgIpc) is 3.52. The van der Waals surface area contributed by atoms with Crippen LogP contribution >= 0.6 is 0 Å². The number of carbonyl (C=O) groups excluding carboxylic acids is 1. The Morgan fingerprint density at radius 1 is 0.879 bits per heavy atom. The minimum absolute atomic E-state index is 0.248. The monoisotopic (exact) mass is 435 g/mol. The number of aryl methyl sites for hydroxylation is 2. The molecule has 162 valence electrons. The highest BCUT2D eigenvalue weighted by Crippen LogP contribution is 2.28. The van der Waals surface area contributed by atoms with Gasteiger partial charge in [-0.25, -0.2) is 9.36 Å². The Kier molecular flexibility index (Phi) is 5.24. The molecule has 0 bridgehead atoms. The Hall–Kier alpha value is -4.59. The number of tetrazole rings is 1. The van der Waals surface area contributed by atoms with Crippen molar-refractivity contribution < 1.29 is 4.79 Å². The van der Waals surface area contributed by atoms with Crippen LogP contribution in [0.3, 0.4) is 0 Å². The molecule has 2 heterocycles. The fourth-order valence-corrected chi connectivity index (χ4v) is 3.69. The zero-order chi connectivity index (χ0) is 22.8. The van der Waals surface area contributed by atoms with Gasteiger partial charge in [-0.15, -0.1) is 5.10 Å². The van der Waals surface area contributed by atoms with Crippen LogP contribution < -0.4 is 5.32 Å². The number of benzene rings is 3. The third-order valence-corrected chi connectivity index (χ3v) is 5.44. The first-order chi connectivity index (χ1) is 16.1. The van der Waals surface area contributed by atoms with Gasteiger partial charge in [-0.2, -0.15) is 5.10 Å². The van der Waals surface area contributed by atoms with Crippen LogP contribution in [0.5, 0.6) is 0 Å². The summed E-state index contributed by atoms with van der Waals surface area (Å²) in [6.45, 7) is 3.97. The lowest BCUT2D eigenvalue weighted by Crippen LogP contribution is -2.13. The zero-order valence-electron chi connectivity index (χ0n) is 18.2. The lowest BCUT2D eigenvalue weighted by Gasteiger charge is -2.10. The molecule has 5 aromatic rings. The molecule has 0 saturated heterocycles. The summed E-state index contributed by atoms with van der Waals surface area (Å²) in [7, 11) is 0. The van der Waals surface area contributed by atoms with Crippen LogP contribution in [-0.2, 0) is 0 Å². The molecule has 0 saturated carbocycles. The van der Waals surface area contributed by atoms with E-state index in [1.165, 1.54) is 6.33 Å². The third kappa shape index (κ3) is 4.01. The highest BCUT2D eigenvalue weighted by atomic mass is 16.1. The van der Waals surface area contributed by atoms with E-state index in [9.17, 15) is 4.79 Å². The van der Waals surface area contributed by atoms with E-state index in [1.54, 1.807) is 15.6 Å². The van der Waals surface area contributed by atoms with Crippen molar-refractivity contribution in [1.82, 2.24) is 30.0 Å². The van der Waals surface area contributed by atoms with Gasteiger partial charge in [-0.3, -0.25) is 4.79 Å². The molecule has 0 aliphatic heterocycles. The van der Waals surface area contributed by atoms with E-state index in [-0.39, 0.29) is 5.91 Å². The Morgan fingerprint density at radius 2 is 1.67 bits per heavy atom. The van der Waals surface area contributed by atoms with E-state index in [2.05, 4.69) is 20.8 Å². The lowest BCUT2D eigenvalue weighted by molar-refractivity contribution is 0.102. The molecular formula is C25H21N7O. The number of hydrogen-bond acceptors (Lipinski definition) is 5. The summed E-state index contributed by atoms with van der Waals surface area (Å²) in [5.41, 5.74) is 6.36. The van der Waals surface area contributed by atoms with E-state index in [0.29, 0.717) is 16.9 Å². The second-order valence-electron chi connectivity index (χ2n) is 7.70. The smallest absolute Gasteiger partial charge is 0.259 e. The summed E-state index contributed by atoms with van der Waals surface area (Å²) in [5.74, 6) is -0.248. The molecule has 0 fully saturated rings. The second-order valence-corrected chi connectivity index (χ2v) is 7.70. The fraction of sp³-hybridized carbons (Fsp3) is 0.0800. The molecule has 0 atom stereocenters. The molecule has 1 amide bonds. The Balaban J connectivity index is 1.55. The number of aromatic nitrogens is 6. The van der Waals surface area contributed by atoms with Crippen molar-refractivity contribution in [3.8, 4) is 22.6 Å². The normalized spacial score (nSPS) is 10.8. The maximum atomic E-state index is 13.4. The van der Waals surface area contributed by atoms with Crippen molar-refractivity contribution in [3.63, 3.8) is 0 Å². The third-order valence-electron chi connectivity index (χ3n) is 5.44. The van der Waals surface area contributed by atoms with Gasteiger partial charge in [0.1, 0.15) is 12.0 Å². The van der Waals surface area contributed by atoms with Crippen molar-refractivity contribution >= 4 is 11.6 Å². The predicted octanol–water partition coefficient (Wildman–Crippen LogP) is 4.38. The molecule has 0 aliphatic carbocycles. The van der Waals surface area contributed by atoms with E-state index in [0.717, 1.165) is 28.1 Å². The molecule has 8 nitrogen and oxygen atoms in total. The molecule has 8 heteroatoms. The standard InChI is InChI=1S/C25H21N7O/c1-17-8-6-7-11-21(17)24-22(15-31(28-24)20-9-4-3-5-10-20)25(33)27-19-13-12-18(2)23(14-19)32-16-26-29-30-32/h3-16H,1-2H3,(H,27,33). The van der Waals surface area contributed by atoms with E-state index in [4.69, 9.17) is 5.10 Å². The molecule has 1 N–H and O–H groups in total. The minimum atomic E-state index is -0.248. The quantitative estimate of drug-likeness (QED) is 0.442. The van der Waals surface area contributed by atoms with Gasteiger partial charge in [0.2, 0.25) is 0 Å². The lowest BCUT2D eigenvalue weighted by atomic mass is 10.0. The van der Waals surface area contributed by atoms with Crippen LogP contribution in [0.15, 0.2) is 85.3 Å². The van der Waals surface area contributed by atoms with Gasteiger partial charge in [-0.1, -0.05) is 48.5 Å². The summed E-state index contributed by atoms with van der Waals surface area (Å²) in [6, 6.07) is 23.3. The summed E-state index contributed by atoms with van der Waals surface area (Å²) in [5, 5.41) is 19.1. The minimum Gasteiger partial charge on any atom is -0.322 e. The van der Waals surface area contributed by atoms with Crippen LogP contribution in [-0.4, -0.2) is 35.9 Å². The molecule has 2 aromatic heterocycles. The van der Waals surface area contributed by atoms with Crippen LogP contribution in [0, 0.1) is 13.8 Å². The number of anilines is 1. The van der Waals surface area contributed by atoms with Crippen molar-refractivity contribution in [2.45, 2.75) is 13.8 Å². The van der Waals surface area contributed by atoms with E-state index < -0.39 is 0 Å². The maximum absolute atomic E-state index is 13.4. The Morgan fingerprint density at radius 3 is 2.42 bits per heavy atom. The topological polar surface area (TPSA) is 90.5 Å².